The number of rotatable bonds is 2. The molecule has 176 valence electrons. The van der Waals surface area contributed by atoms with Crippen LogP contribution in [0.15, 0.2) is 23.8 Å². The zero-order chi connectivity index (χ0) is 23.5. The lowest BCUT2D eigenvalue weighted by molar-refractivity contribution is -0.248. The number of ether oxygens (including phenoxy) is 2. The van der Waals surface area contributed by atoms with Crippen molar-refractivity contribution in [3.63, 3.8) is 0 Å². The number of allylic oxidation sites excluding steroid dienone is 4. The predicted octanol–water partition coefficient (Wildman–Crippen LogP) is 2.37. The van der Waals surface area contributed by atoms with Crippen LogP contribution in [0.1, 0.15) is 47.0 Å². The maximum absolute atomic E-state index is 17.1. The third-order valence-corrected chi connectivity index (χ3v) is 9.18. The van der Waals surface area contributed by atoms with Gasteiger partial charge in [-0.25, -0.2) is 8.78 Å². The fourth-order valence-corrected chi connectivity index (χ4v) is 7.92. The topological polar surface area (TPSA) is 93.1 Å². The van der Waals surface area contributed by atoms with Gasteiger partial charge in [0.05, 0.1) is 12.2 Å². The minimum atomic E-state index is -2.24. The number of alkyl halides is 2. The van der Waals surface area contributed by atoms with Crippen molar-refractivity contribution in [2.45, 2.75) is 82.4 Å². The standard InChI is InChI=1S/C24H30F2O6/c1-20(2)31-19-9-13-14-8-16(25)15-7-12(28)5-6-21(15,3)23(14,26)17(29)10-22(13,4)24(19,32-20)18(30)11-27/h5-7,13-14,16-17,19,27,29H,8-11H2,1-4H3/t13-,14+,16+,17+,19-,21+,22+,23+,24-/m1/s1. The summed E-state index contributed by atoms with van der Waals surface area (Å²) in [5, 5.41) is 21.1. The highest BCUT2D eigenvalue weighted by molar-refractivity contribution is 6.01. The molecule has 0 aromatic carbocycles. The molecule has 0 unspecified atom stereocenters. The van der Waals surface area contributed by atoms with Crippen molar-refractivity contribution in [3.05, 3.63) is 23.8 Å². The molecular formula is C24H30F2O6. The van der Waals surface area contributed by atoms with Gasteiger partial charge in [-0.15, -0.1) is 0 Å². The Morgan fingerprint density at radius 1 is 1.22 bits per heavy atom. The molecule has 1 saturated heterocycles. The molecule has 0 aromatic rings. The van der Waals surface area contributed by atoms with E-state index in [1.54, 1.807) is 20.8 Å². The summed E-state index contributed by atoms with van der Waals surface area (Å²) in [6.07, 6.45) is -0.151. The number of hydrogen-bond acceptors (Lipinski definition) is 6. The molecule has 5 rings (SSSR count). The molecule has 1 aliphatic heterocycles. The largest absolute Gasteiger partial charge is 0.390 e. The monoisotopic (exact) mass is 452 g/mol. The molecule has 32 heavy (non-hydrogen) atoms. The molecule has 0 amide bonds. The molecule has 6 nitrogen and oxygen atoms in total. The van der Waals surface area contributed by atoms with Gasteiger partial charge in [0.2, 0.25) is 0 Å². The van der Waals surface area contributed by atoms with Crippen molar-refractivity contribution in [1.29, 1.82) is 0 Å². The van der Waals surface area contributed by atoms with Gasteiger partial charge in [0.1, 0.15) is 12.8 Å². The first-order valence-corrected chi connectivity index (χ1v) is 11.3. The van der Waals surface area contributed by atoms with E-state index in [1.807, 2.05) is 0 Å². The van der Waals surface area contributed by atoms with Crippen LogP contribution < -0.4 is 0 Å². The van der Waals surface area contributed by atoms with Crippen molar-refractivity contribution in [2.75, 3.05) is 6.61 Å². The summed E-state index contributed by atoms with van der Waals surface area (Å²) in [6.45, 7) is 5.87. The minimum Gasteiger partial charge on any atom is -0.390 e. The van der Waals surface area contributed by atoms with Gasteiger partial charge in [0.25, 0.3) is 0 Å². The van der Waals surface area contributed by atoms with Crippen molar-refractivity contribution < 1.29 is 38.1 Å². The number of carbonyl (C=O) groups excluding carboxylic acids is 2. The van der Waals surface area contributed by atoms with Gasteiger partial charge in [-0.05, 0) is 63.7 Å². The Balaban J connectivity index is 1.66. The van der Waals surface area contributed by atoms with Gasteiger partial charge in [-0.1, -0.05) is 13.0 Å². The number of halogens is 2. The number of Topliss-reactive ketones (excluding diaryl/α,β-unsaturated/α-hetero) is 1. The normalized spacial score (nSPS) is 53.2. The SMILES string of the molecule is CC1(C)O[C@@H]2C[C@@H]3[C@@H]4C[C@H](F)C5=CC(=O)C=C[C@]5(C)[C@@]4(F)[C@@H](O)C[C@]3(C)[C@]2(C(=O)CO)O1. The predicted molar refractivity (Wildman–Crippen MR) is 109 cm³/mol. The van der Waals surface area contributed by atoms with E-state index in [2.05, 4.69) is 0 Å². The van der Waals surface area contributed by atoms with Crippen LogP contribution in [0.2, 0.25) is 0 Å². The van der Waals surface area contributed by atoms with Gasteiger partial charge >= 0.3 is 0 Å². The van der Waals surface area contributed by atoms with Crippen molar-refractivity contribution in [1.82, 2.24) is 0 Å². The van der Waals surface area contributed by atoms with Crippen LogP contribution in [0.4, 0.5) is 8.78 Å². The molecule has 3 saturated carbocycles. The molecule has 2 N–H and O–H groups in total. The van der Waals surface area contributed by atoms with Crippen molar-refractivity contribution in [2.24, 2.45) is 22.7 Å². The second-order valence-electron chi connectivity index (χ2n) is 11.0. The van der Waals surface area contributed by atoms with E-state index in [4.69, 9.17) is 9.47 Å². The van der Waals surface area contributed by atoms with E-state index in [0.29, 0.717) is 0 Å². The average Bonchev–Trinajstić information content (AvgIpc) is 3.11. The summed E-state index contributed by atoms with van der Waals surface area (Å²) in [6, 6.07) is 0. The lowest BCUT2D eigenvalue weighted by Gasteiger charge is -2.63. The summed E-state index contributed by atoms with van der Waals surface area (Å²) in [7, 11) is 0. The van der Waals surface area contributed by atoms with Gasteiger partial charge in [0, 0.05) is 16.7 Å². The first kappa shape index (κ1) is 22.3. The number of aliphatic hydroxyl groups is 2. The second kappa shape index (κ2) is 6.34. The van der Waals surface area contributed by atoms with Crippen molar-refractivity contribution in [3.8, 4) is 0 Å². The molecule has 4 aliphatic carbocycles. The van der Waals surface area contributed by atoms with E-state index in [0.717, 1.165) is 6.08 Å². The molecule has 0 aromatic heterocycles. The van der Waals surface area contributed by atoms with Crippen LogP contribution in [-0.4, -0.2) is 63.8 Å². The zero-order valence-electron chi connectivity index (χ0n) is 18.7. The van der Waals surface area contributed by atoms with E-state index in [1.165, 1.54) is 19.1 Å². The summed E-state index contributed by atoms with van der Waals surface area (Å²) < 4.78 is 44.8. The molecule has 4 fully saturated rings. The quantitative estimate of drug-likeness (QED) is 0.668. The molecule has 0 bridgehead atoms. The van der Waals surface area contributed by atoms with E-state index >= 15 is 8.78 Å². The van der Waals surface area contributed by atoms with Gasteiger partial charge in [-0.2, -0.15) is 0 Å². The third kappa shape index (κ3) is 2.32. The Kier molecular flexibility index (Phi) is 4.42. The molecule has 5 aliphatic rings. The molecule has 9 atom stereocenters. The van der Waals surface area contributed by atoms with E-state index in [-0.39, 0.29) is 24.8 Å². The number of aliphatic hydroxyl groups excluding tert-OH is 2. The van der Waals surface area contributed by atoms with Crippen LogP contribution >= 0.6 is 0 Å². The van der Waals surface area contributed by atoms with Crippen LogP contribution in [0.25, 0.3) is 0 Å². The van der Waals surface area contributed by atoms with Crippen LogP contribution in [0, 0.1) is 22.7 Å². The molecule has 1 heterocycles. The van der Waals surface area contributed by atoms with Crippen LogP contribution in [0.5, 0.6) is 0 Å². The Labute approximate surface area is 185 Å². The molecule has 8 heteroatoms. The van der Waals surface area contributed by atoms with E-state index < -0.39 is 76.3 Å². The Morgan fingerprint density at radius 3 is 2.56 bits per heavy atom. The van der Waals surface area contributed by atoms with Crippen LogP contribution in [0.3, 0.4) is 0 Å². The lowest BCUT2D eigenvalue weighted by Crippen LogP contribution is -2.71. The Morgan fingerprint density at radius 2 is 1.91 bits per heavy atom. The average molecular weight is 452 g/mol. The smallest absolute Gasteiger partial charge is 0.193 e. The summed E-state index contributed by atoms with van der Waals surface area (Å²) >= 11 is 0. The minimum absolute atomic E-state index is 0.0550. The number of fused-ring (bicyclic) bond motifs is 7. The number of ketones is 2. The van der Waals surface area contributed by atoms with Gasteiger partial charge in [-0.3, -0.25) is 9.59 Å². The Hall–Kier alpha value is -1.48. The maximum atomic E-state index is 17.1. The highest BCUT2D eigenvalue weighted by Crippen LogP contribution is 2.72. The second-order valence-corrected chi connectivity index (χ2v) is 11.0. The van der Waals surface area contributed by atoms with Crippen LogP contribution in [-0.2, 0) is 19.1 Å². The summed E-state index contributed by atoms with van der Waals surface area (Å²) in [5.41, 5.74) is -6.30. The third-order valence-electron chi connectivity index (χ3n) is 9.18. The fraction of sp³-hybridized carbons (Fsp3) is 0.750. The molecule has 0 radical (unpaired) electrons. The van der Waals surface area contributed by atoms with Crippen molar-refractivity contribution >= 4 is 11.6 Å². The first-order valence-electron chi connectivity index (χ1n) is 11.3. The summed E-state index contributed by atoms with van der Waals surface area (Å²) in [4.78, 5) is 25.1. The number of hydrogen-bond donors (Lipinski definition) is 2. The maximum Gasteiger partial charge on any atom is 0.193 e. The summed E-state index contributed by atoms with van der Waals surface area (Å²) in [5.74, 6) is -3.53. The molecule has 0 spiro atoms. The van der Waals surface area contributed by atoms with Gasteiger partial charge in [0.15, 0.2) is 28.6 Å². The zero-order valence-corrected chi connectivity index (χ0v) is 18.7. The highest BCUT2D eigenvalue weighted by atomic mass is 19.1. The fourth-order valence-electron chi connectivity index (χ4n) is 7.92. The number of carbonyl (C=O) groups is 2. The molecular weight excluding hydrogens is 422 g/mol. The first-order chi connectivity index (χ1) is 14.8. The lowest BCUT2D eigenvalue weighted by atomic mass is 9.44. The highest BCUT2D eigenvalue weighted by Gasteiger charge is 2.80. The van der Waals surface area contributed by atoms with Gasteiger partial charge < -0.3 is 19.7 Å². The Bertz CT molecular complexity index is 960. The van der Waals surface area contributed by atoms with E-state index in [9.17, 15) is 19.8 Å².